The van der Waals surface area contributed by atoms with Gasteiger partial charge in [-0.25, -0.2) is 9.37 Å². The molecule has 8 atom stereocenters. The molecule has 0 aromatic heterocycles. The average Bonchev–Trinajstić information content (AvgIpc) is 3.17. The highest BCUT2D eigenvalue weighted by molar-refractivity contribution is 5.92. The lowest BCUT2D eigenvalue weighted by Gasteiger charge is -2.40. The van der Waals surface area contributed by atoms with Crippen LogP contribution in [0.25, 0.3) is 0 Å². The van der Waals surface area contributed by atoms with Crippen LogP contribution in [0.5, 0.6) is 11.5 Å². The molecule has 0 spiro atoms. The van der Waals surface area contributed by atoms with E-state index < -0.39 is 23.7 Å². The first-order valence-corrected chi connectivity index (χ1v) is 17.0. The first-order chi connectivity index (χ1) is 22.3. The molecule has 2 amide bonds. The first-order valence-electron chi connectivity index (χ1n) is 17.0. The normalized spacial score (nSPS) is 33.0. The predicted molar refractivity (Wildman–Crippen MR) is 180 cm³/mol. The van der Waals surface area contributed by atoms with Gasteiger partial charge in [0.15, 0.2) is 11.6 Å². The summed E-state index contributed by atoms with van der Waals surface area (Å²) in [7, 11) is 1.47. The van der Waals surface area contributed by atoms with Crippen LogP contribution in [0.2, 0.25) is 0 Å². The van der Waals surface area contributed by atoms with Crippen molar-refractivity contribution in [3.63, 3.8) is 0 Å². The van der Waals surface area contributed by atoms with E-state index in [-0.39, 0.29) is 41.2 Å². The second kappa shape index (κ2) is 13.9. The quantitative estimate of drug-likeness (QED) is 0.199. The fourth-order valence-corrected chi connectivity index (χ4v) is 8.33. The fraction of sp³-hybridized carbons (Fsp3) is 0.538. The van der Waals surface area contributed by atoms with Gasteiger partial charge in [-0.05, 0) is 81.8 Å². The Hall–Kier alpha value is -4.12. The molecule has 0 saturated carbocycles. The molecule has 0 aliphatic carbocycles. The van der Waals surface area contributed by atoms with Crippen LogP contribution in [0.15, 0.2) is 54.6 Å². The summed E-state index contributed by atoms with van der Waals surface area (Å²) in [6, 6.07) is 17.5. The summed E-state index contributed by atoms with van der Waals surface area (Å²) < 4.78 is 20.4. The first kappa shape index (κ1) is 34.2. The standard InChI is InChI=1S/C39H49N2O6/c1-8-33-39(6)34-28(4)41(23-13-17-32(34)36(43)47-39)27(3)25-38(5,24-26(2)35(42)40(7)37(44)46-33)22-12-14-29-18-20-31(21-19-29)45-30-15-10-9-11-16-30/h9-11,15-16,18-21,23,26-28,32-34H,8,13,17,22,24-25H2,1-7H3/q+1/t26-,27-,28-,32?,33-,34+,38+,39-/m1/s1. The van der Waals surface area contributed by atoms with Crippen molar-refractivity contribution < 1.29 is 33.2 Å². The molecule has 2 aromatic carbocycles. The van der Waals surface area contributed by atoms with E-state index >= 15 is 0 Å². The number of imide groups is 1. The van der Waals surface area contributed by atoms with Crippen molar-refractivity contribution in [2.75, 3.05) is 7.05 Å². The zero-order valence-electron chi connectivity index (χ0n) is 28.8. The minimum absolute atomic E-state index is 0.0339. The maximum absolute atomic E-state index is 13.6. The molecule has 2 bridgehead atoms. The second-order valence-corrected chi connectivity index (χ2v) is 14.2. The molecule has 2 aromatic rings. The van der Waals surface area contributed by atoms with E-state index in [1.54, 1.807) is 0 Å². The molecule has 8 heteroatoms. The number of benzene rings is 2. The smallest absolute Gasteiger partial charge is 0.416 e. The van der Waals surface area contributed by atoms with Gasteiger partial charge in [-0.2, -0.15) is 0 Å². The highest BCUT2D eigenvalue weighted by atomic mass is 16.6. The monoisotopic (exact) mass is 641 g/mol. The Kier molecular flexibility index (Phi) is 10.1. The van der Waals surface area contributed by atoms with Crippen LogP contribution in [0.3, 0.4) is 0 Å². The maximum atomic E-state index is 13.6. The largest absolute Gasteiger partial charge is 0.457 e. The Balaban J connectivity index is 1.43. The maximum Gasteiger partial charge on any atom is 0.416 e. The van der Waals surface area contributed by atoms with Crippen LogP contribution in [-0.2, 0) is 19.1 Å². The fourth-order valence-electron chi connectivity index (χ4n) is 8.33. The summed E-state index contributed by atoms with van der Waals surface area (Å²) >= 11 is 0. The van der Waals surface area contributed by atoms with E-state index in [9.17, 15) is 14.4 Å². The minimum atomic E-state index is -1.02. The van der Waals surface area contributed by atoms with Crippen LogP contribution in [0.1, 0.15) is 85.6 Å². The van der Waals surface area contributed by atoms with E-state index in [0.717, 1.165) is 34.8 Å². The zero-order valence-corrected chi connectivity index (χ0v) is 28.8. The molecular weight excluding hydrogens is 592 g/mol. The molecule has 3 aliphatic rings. The number of nitrogens with zero attached hydrogens (tertiary/aromatic N) is 2. The second-order valence-electron chi connectivity index (χ2n) is 14.2. The van der Waals surface area contributed by atoms with Crippen LogP contribution in [0.4, 0.5) is 4.79 Å². The molecule has 1 unspecified atom stereocenters. The van der Waals surface area contributed by atoms with Crippen molar-refractivity contribution in [3.8, 4) is 23.3 Å². The molecule has 3 heterocycles. The average molecular weight is 642 g/mol. The van der Waals surface area contributed by atoms with E-state index in [0.29, 0.717) is 25.7 Å². The summed E-state index contributed by atoms with van der Waals surface area (Å²) in [5.41, 5.74) is -0.480. The predicted octanol–water partition coefficient (Wildman–Crippen LogP) is 7.23. The minimum Gasteiger partial charge on any atom is -0.457 e. The molecule has 3 aliphatic heterocycles. The Bertz CT molecular complexity index is 1560. The number of rotatable bonds is 4. The van der Waals surface area contributed by atoms with Gasteiger partial charge in [0.05, 0.1) is 11.8 Å². The third-order valence-corrected chi connectivity index (χ3v) is 10.5. The van der Waals surface area contributed by atoms with Crippen molar-refractivity contribution in [1.29, 1.82) is 0 Å². The van der Waals surface area contributed by atoms with Crippen LogP contribution in [0, 0.1) is 35.0 Å². The lowest BCUT2D eigenvalue weighted by molar-refractivity contribution is -0.604. The van der Waals surface area contributed by atoms with Crippen molar-refractivity contribution in [2.45, 2.75) is 104 Å². The molecule has 47 heavy (non-hydrogen) atoms. The summed E-state index contributed by atoms with van der Waals surface area (Å²) in [5.74, 6) is 6.82. The van der Waals surface area contributed by atoms with Gasteiger partial charge in [0.25, 0.3) is 0 Å². The summed E-state index contributed by atoms with van der Waals surface area (Å²) in [4.78, 5) is 41.4. The Morgan fingerprint density at radius 2 is 1.66 bits per heavy atom. The number of hydrogen-bond acceptors (Lipinski definition) is 6. The number of amides is 2. The number of para-hydroxylation sites is 1. The van der Waals surface area contributed by atoms with E-state index in [2.05, 4.69) is 43.4 Å². The molecule has 250 valence electrons. The Labute approximate surface area is 279 Å². The molecule has 0 radical (unpaired) electrons. The molecular formula is C39H49N2O6+. The van der Waals surface area contributed by atoms with E-state index in [4.69, 9.17) is 14.2 Å². The van der Waals surface area contributed by atoms with Gasteiger partial charge in [-0.3, -0.25) is 14.5 Å². The number of fused-ring (bicyclic) bond motifs is 1. The van der Waals surface area contributed by atoms with Gasteiger partial charge in [0, 0.05) is 37.8 Å². The van der Waals surface area contributed by atoms with Gasteiger partial charge >= 0.3 is 12.1 Å². The topological polar surface area (TPSA) is 85.2 Å². The Morgan fingerprint density at radius 1 is 0.979 bits per heavy atom. The van der Waals surface area contributed by atoms with Crippen molar-refractivity contribution in [1.82, 2.24) is 4.90 Å². The van der Waals surface area contributed by atoms with Crippen LogP contribution in [-0.4, -0.2) is 64.5 Å². The van der Waals surface area contributed by atoms with Crippen LogP contribution >= 0.6 is 0 Å². The highest BCUT2D eigenvalue weighted by Crippen LogP contribution is 2.48. The molecule has 8 nitrogen and oxygen atoms in total. The van der Waals surface area contributed by atoms with Crippen LogP contribution < -0.4 is 4.74 Å². The Morgan fingerprint density at radius 3 is 2.34 bits per heavy atom. The number of cyclic esters (lactones) is 1. The van der Waals surface area contributed by atoms with Crippen molar-refractivity contribution >= 4 is 24.2 Å². The van der Waals surface area contributed by atoms with Gasteiger partial charge in [-0.1, -0.05) is 50.8 Å². The number of esters is 1. The summed E-state index contributed by atoms with van der Waals surface area (Å²) in [6.07, 6.45) is 4.65. The van der Waals surface area contributed by atoms with Crippen molar-refractivity contribution in [3.05, 3.63) is 60.2 Å². The number of carbonyl (C=O) groups excluding carboxylic acids is 3. The number of ether oxygens (including phenoxy) is 3. The zero-order chi connectivity index (χ0) is 33.9. The molecule has 2 saturated heterocycles. The van der Waals surface area contributed by atoms with Gasteiger partial charge < -0.3 is 14.2 Å². The van der Waals surface area contributed by atoms with E-state index in [1.165, 1.54) is 7.05 Å². The third kappa shape index (κ3) is 7.25. The van der Waals surface area contributed by atoms with Gasteiger partial charge in [-0.15, -0.1) is 0 Å². The SMILES string of the molecule is CC[C@H]1OC(=O)N(C)C(=O)[C@H](C)C[C@](C)(CC#Cc2ccc(Oc3ccccc3)cc2)C[C@@H](C)[N+]2=CCCC3C(=O)O[C@@]1(C)[C@H]3[C@H]2C. The molecule has 2 fully saturated rings. The van der Waals surface area contributed by atoms with Gasteiger partial charge in [0.1, 0.15) is 29.9 Å². The third-order valence-electron chi connectivity index (χ3n) is 10.5. The number of hydrogen-bond donors (Lipinski definition) is 0. The molecule has 0 N–H and O–H groups in total. The lowest BCUT2D eigenvalue weighted by atomic mass is 9.72. The van der Waals surface area contributed by atoms with Gasteiger partial charge in [0.2, 0.25) is 5.91 Å². The van der Waals surface area contributed by atoms with Crippen molar-refractivity contribution in [2.24, 2.45) is 23.2 Å². The summed E-state index contributed by atoms with van der Waals surface area (Å²) in [5, 5.41) is 0. The number of carbonyl (C=O) groups is 3. The summed E-state index contributed by atoms with van der Waals surface area (Å²) in [6.45, 7) is 12.3. The highest BCUT2D eigenvalue weighted by Gasteiger charge is 2.62. The van der Waals surface area contributed by atoms with E-state index in [1.807, 2.05) is 75.4 Å². The lowest BCUT2D eigenvalue weighted by Crippen LogP contribution is -2.55. The molecule has 5 rings (SSSR count).